The molecule has 0 spiro atoms. The van der Waals surface area contributed by atoms with Crippen molar-refractivity contribution in [2.75, 3.05) is 6.54 Å². The largest absolute Gasteiger partial charge is 0.417 e. The van der Waals surface area contributed by atoms with Gasteiger partial charge in [0.25, 0.3) is 0 Å². The van der Waals surface area contributed by atoms with Crippen LogP contribution in [-0.2, 0) is 27.5 Å². The van der Waals surface area contributed by atoms with Crippen LogP contribution in [0.1, 0.15) is 23.4 Å². The van der Waals surface area contributed by atoms with Crippen LogP contribution in [-0.4, -0.2) is 47.4 Å². The van der Waals surface area contributed by atoms with Crippen molar-refractivity contribution >= 4 is 15.9 Å². The number of pyridine rings is 2. The summed E-state index contributed by atoms with van der Waals surface area (Å²) in [5.41, 5.74) is 0.688. The zero-order valence-corrected chi connectivity index (χ0v) is 20.2. The molecule has 3 heterocycles. The first-order chi connectivity index (χ1) is 17.3. The second-order valence-electron chi connectivity index (χ2n) is 8.51. The molecule has 1 saturated heterocycles. The predicted octanol–water partition coefficient (Wildman–Crippen LogP) is 4.03. The number of carbonyl (C=O) groups excluding carboxylic acids is 1. The highest BCUT2D eigenvalue weighted by atomic mass is 32.2. The maximum absolute atomic E-state index is 14.2. The molecule has 7 nitrogen and oxygen atoms in total. The van der Waals surface area contributed by atoms with Crippen molar-refractivity contribution in [2.45, 2.75) is 43.2 Å². The van der Waals surface area contributed by atoms with Gasteiger partial charge in [-0.25, -0.2) is 17.2 Å². The molecule has 1 aromatic carbocycles. The molecule has 0 unspecified atom stereocenters. The van der Waals surface area contributed by atoms with Gasteiger partial charge in [-0.2, -0.15) is 17.5 Å². The van der Waals surface area contributed by atoms with Gasteiger partial charge in [0.15, 0.2) is 0 Å². The number of nitrogens with zero attached hydrogens (tertiary/aromatic N) is 3. The first-order valence-electron chi connectivity index (χ1n) is 11.0. The van der Waals surface area contributed by atoms with Crippen LogP contribution in [0.5, 0.6) is 0 Å². The Kier molecular flexibility index (Phi) is 7.29. The molecule has 0 aliphatic carbocycles. The van der Waals surface area contributed by atoms with E-state index in [1.807, 2.05) is 0 Å². The van der Waals surface area contributed by atoms with Gasteiger partial charge in [0.1, 0.15) is 18.0 Å². The van der Waals surface area contributed by atoms with Crippen molar-refractivity contribution in [2.24, 2.45) is 0 Å². The number of alkyl halides is 4. The van der Waals surface area contributed by atoms with E-state index in [9.17, 15) is 35.2 Å². The quantitative estimate of drug-likeness (QED) is 0.477. The average Bonchev–Trinajstić information content (AvgIpc) is 3.25. The van der Waals surface area contributed by atoms with Crippen LogP contribution in [0.25, 0.3) is 11.3 Å². The van der Waals surface area contributed by atoms with Crippen LogP contribution >= 0.6 is 0 Å². The zero-order valence-electron chi connectivity index (χ0n) is 19.3. The van der Waals surface area contributed by atoms with E-state index in [-0.39, 0.29) is 23.6 Å². The Bertz CT molecular complexity index is 1400. The van der Waals surface area contributed by atoms with E-state index in [0.717, 1.165) is 40.8 Å². The number of benzene rings is 1. The molecule has 1 aliphatic heterocycles. The SMILES string of the molecule is Cc1cc(-c2ccc(C(F)(F)F)cn2)cc(CNC(=O)[C@@H]2C[C@@H](F)CN2S(=O)(=O)c2ccc(F)cc2)n1. The smallest absolute Gasteiger partial charge is 0.349 e. The first kappa shape index (κ1) is 26.6. The van der Waals surface area contributed by atoms with Crippen LogP contribution < -0.4 is 5.32 Å². The fraction of sp³-hybridized carbons (Fsp3) is 0.292. The lowest BCUT2D eigenvalue weighted by atomic mass is 10.1. The number of rotatable bonds is 6. The van der Waals surface area contributed by atoms with Gasteiger partial charge in [-0.15, -0.1) is 0 Å². The van der Waals surface area contributed by atoms with Crippen molar-refractivity contribution in [3.8, 4) is 11.3 Å². The molecule has 0 radical (unpaired) electrons. The maximum Gasteiger partial charge on any atom is 0.417 e. The molecule has 4 rings (SSSR count). The summed E-state index contributed by atoms with van der Waals surface area (Å²) in [6.45, 7) is 0.983. The third kappa shape index (κ3) is 5.93. The monoisotopic (exact) mass is 540 g/mol. The van der Waals surface area contributed by atoms with Gasteiger partial charge in [-0.3, -0.25) is 14.8 Å². The van der Waals surface area contributed by atoms with Gasteiger partial charge in [-0.1, -0.05) is 0 Å². The summed E-state index contributed by atoms with van der Waals surface area (Å²) in [6.07, 6.45) is -5.73. The second kappa shape index (κ2) is 10.1. The van der Waals surface area contributed by atoms with E-state index in [1.165, 1.54) is 12.1 Å². The number of aromatic nitrogens is 2. The molecule has 3 aromatic rings. The highest BCUT2D eigenvalue weighted by Gasteiger charge is 2.44. The molecular formula is C24H21F5N4O3S. The van der Waals surface area contributed by atoms with Gasteiger partial charge in [0.2, 0.25) is 15.9 Å². The van der Waals surface area contributed by atoms with E-state index < -0.39 is 52.2 Å². The molecule has 1 fully saturated rings. The minimum atomic E-state index is -4.52. The third-order valence-electron chi connectivity index (χ3n) is 5.76. The third-order valence-corrected chi connectivity index (χ3v) is 7.65. The lowest BCUT2D eigenvalue weighted by molar-refractivity contribution is -0.137. The number of nitrogens with one attached hydrogen (secondary N) is 1. The molecule has 1 amide bonds. The number of hydrogen-bond donors (Lipinski definition) is 1. The van der Waals surface area contributed by atoms with Crippen LogP contribution in [0.2, 0.25) is 0 Å². The fourth-order valence-electron chi connectivity index (χ4n) is 4.01. The van der Waals surface area contributed by atoms with Crippen molar-refractivity contribution in [3.05, 3.63) is 77.5 Å². The molecular weight excluding hydrogens is 519 g/mol. The normalized spacial score (nSPS) is 18.6. The molecule has 196 valence electrons. The Labute approximate surface area is 209 Å². The first-order valence-corrected chi connectivity index (χ1v) is 12.5. The lowest BCUT2D eigenvalue weighted by Crippen LogP contribution is -2.45. The molecule has 37 heavy (non-hydrogen) atoms. The topological polar surface area (TPSA) is 92.3 Å². The second-order valence-corrected chi connectivity index (χ2v) is 10.4. The molecule has 1 N–H and O–H groups in total. The Morgan fingerprint density at radius 1 is 1.14 bits per heavy atom. The number of sulfonamides is 1. The van der Waals surface area contributed by atoms with Gasteiger partial charge in [-0.05, 0) is 55.5 Å². The number of carbonyl (C=O) groups is 1. The highest BCUT2D eigenvalue weighted by Crippen LogP contribution is 2.30. The summed E-state index contributed by atoms with van der Waals surface area (Å²) in [6, 6.07) is 7.93. The van der Waals surface area contributed by atoms with Gasteiger partial charge in [0, 0.05) is 30.4 Å². The number of aryl methyl sites for hydroxylation is 1. The molecule has 2 aromatic heterocycles. The molecule has 1 aliphatic rings. The summed E-state index contributed by atoms with van der Waals surface area (Å²) in [5, 5.41) is 2.56. The predicted molar refractivity (Wildman–Crippen MR) is 123 cm³/mol. The average molecular weight is 541 g/mol. The Hall–Kier alpha value is -3.45. The molecule has 0 saturated carbocycles. The minimum absolute atomic E-state index is 0.147. The standard InChI is InChI=1S/C24H21F5N4O3S/c1-14-8-15(21-7-2-16(11-30-21)24(27,28)29)9-19(32-14)12-31-23(34)22-10-18(26)13-33(22)37(35,36)20-5-3-17(25)4-6-20/h2-9,11,18,22H,10,12-13H2,1H3,(H,31,34)/t18-,22+/m1/s1. The van der Waals surface area contributed by atoms with Gasteiger partial charge in [0.05, 0.1) is 28.4 Å². The summed E-state index contributed by atoms with van der Waals surface area (Å²) >= 11 is 0. The van der Waals surface area contributed by atoms with E-state index in [1.54, 1.807) is 13.0 Å². The summed E-state index contributed by atoms with van der Waals surface area (Å²) in [4.78, 5) is 20.8. The van der Waals surface area contributed by atoms with Gasteiger partial charge >= 0.3 is 6.18 Å². The summed E-state index contributed by atoms with van der Waals surface area (Å²) < 4.78 is 92.6. The summed E-state index contributed by atoms with van der Waals surface area (Å²) in [5.74, 6) is -1.39. The number of halogens is 5. The van der Waals surface area contributed by atoms with Crippen molar-refractivity contribution in [1.29, 1.82) is 0 Å². The Morgan fingerprint density at radius 3 is 2.46 bits per heavy atom. The van der Waals surface area contributed by atoms with Crippen molar-refractivity contribution < 1.29 is 35.2 Å². The van der Waals surface area contributed by atoms with E-state index in [0.29, 0.717) is 17.0 Å². The van der Waals surface area contributed by atoms with Gasteiger partial charge < -0.3 is 5.32 Å². The number of hydrogen-bond acceptors (Lipinski definition) is 5. The minimum Gasteiger partial charge on any atom is -0.349 e. The zero-order chi connectivity index (χ0) is 27.0. The summed E-state index contributed by atoms with van der Waals surface area (Å²) in [7, 11) is -4.27. The van der Waals surface area contributed by atoms with Crippen molar-refractivity contribution in [3.63, 3.8) is 0 Å². The maximum atomic E-state index is 14.2. The van der Waals surface area contributed by atoms with E-state index in [2.05, 4.69) is 15.3 Å². The van der Waals surface area contributed by atoms with E-state index in [4.69, 9.17) is 0 Å². The Morgan fingerprint density at radius 2 is 1.84 bits per heavy atom. The van der Waals surface area contributed by atoms with Crippen LogP contribution in [0.15, 0.2) is 59.6 Å². The molecule has 0 bridgehead atoms. The lowest BCUT2D eigenvalue weighted by Gasteiger charge is -2.23. The Balaban J connectivity index is 1.50. The van der Waals surface area contributed by atoms with E-state index >= 15 is 0 Å². The highest BCUT2D eigenvalue weighted by molar-refractivity contribution is 7.89. The van der Waals surface area contributed by atoms with Crippen LogP contribution in [0, 0.1) is 12.7 Å². The fourth-order valence-corrected chi connectivity index (χ4v) is 5.63. The van der Waals surface area contributed by atoms with Crippen LogP contribution in [0.4, 0.5) is 22.0 Å². The van der Waals surface area contributed by atoms with Crippen molar-refractivity contribution in [1.82, 2.24) is 19.6 Å². The van der Waals surface area contributed by atoms with Crippen LogP contribution in [0.3, 0.4) is 0 Å². The number of amides is 1. The molecule has 2 atom stereocenters. The molecule has 13 heteroatoms.